The zero-order valence-corrected chi connectivity index (χ0v) is 14.4. The lowest BCUT2D eigenvalue weighted by Crippen LogP contribution is -2.25. The summed E-state index contributed by atoms with van der Waals surface area (Å²) < 4.78 is 7.39. The Balaban J connectivity index is 1.56. The Morgan fingerprint density at radius 1 is 1.08 bits per heavy atom. The molecule has 0 radical (unpaired) electrons. The Hall–Kier alpha value is -2.66. The number of hydrogen-bond acceptors (Lipinski definition) is 4. The summed E-state index contributed by atoms with van der Waals surface area (Å²) in [6.07, 6.45) is 8.11. The molecule has 5 nitrogen and oxygen atoms in total. The third-order valence-electron chi connectivity index (χ3n) is 4.81. The van der Waals surface area contributed by atoms with Crippen molar-refractivity contribution in [1.29, 1.82) is 0 Å². The van der Waals surface area contributed by atoms with Crippen LogP contribution in [0.4, 0.5) is 0 Å². The number of hydrogen-bond donors (Lipinski definition) is 0. The fourth-order valence-corrected chi connectivity index (χ4v) is 3.53. The highest BCUT2D eigenvalue weighted by Gasteiger charge is 2.27. The Morgan fingerprint density at radius 2 is 1.96 bits per heavy atom. The lowest BCUT2D eigenvalue weighted by atomic mass is 10.1. The van der Waals surface area contributed by atoms with Gasteiger partial charge in [-0.3, -0.25) is 9.88 Å². The first-order chi connectivity index (χ1) is 12.3. The van der Waals surface area contributed by atoms with Gasteiger partial charge in [-0.1, -0.05) is 6.07 Å². The molecule has 3 aromatic rings. The minimum atomic E-state index is 0.377. The number of imidazole rings is 1. The molecule has 4 rings (SSSR count). The van der Waals surface area contributed by atoms with Crippen LogP contribution in [0, 0.1) is 0 Å². The molecule has 1 atom stereocenters. The maximum absolute atomic E-state index is 5.25. The van der Waals surface area contributed by atoms with Crippen molar-refractivity contribution in [3.05, 3.63) is 72.6 Å². The van der Waals surface area contributed by atoms with E-state index in [1.807, 2.05) is 36.8 Å². The van der Waals surface area contributed by atoms with Crippen LogP contribution in [0.3, 0.4) is 0 Å². The van der Waals surface area contributed by atoms with Gasteiger partial charge in [-0.2, -0.15) is 0 Å². The minimum absolute atomic E-state index is 0.377. The van der Waals surface area contributed by atoms with E-state index in [1.165, 1.54) is 6.42 Å². The number of benzene rings is 1. The zero-order valence-electron chi connectivity index (χ0n) is 14.4. The van der Waals surface area contributed by atoms with Gasteiger partial charge in [-0.05, 0) is 55.8 Å². The molecular formula is C20H22N4O. The summed E-state index contributed by atoms with van der Waals surface area (Å²) >= 11 is 0. The summed E-state index contributed by atoms with van der Waals surface area (Å²) in [5, 5.41) is 0. The minimum Gasteiger partial charge on any atom is -0.497 e. The molecule has 3 heterocycles. The van der Waals surface area contributed by atoms with Gasteiger partial charge in [-0.15, -0.1) is 0 Å². The van der Waals surface area contributed by atoms with Gasteiger partial charge in [-0.25, -0.2) is 4.98 Å². The first-order valence-electron chi connectivity index (χ1n) is 8.67. The van der Waals surface area contributed by atoms with Crippen LogP contribution in [0.5, 0.6) is 5.75 Å². The van der Waals surface area contributed by atoms with Crippen molar-refractivity contribution in [2.75, 3.05) is 13.7 Å². The molecule has 1 unspecified atom stereocenters. The third kappa shape index (κ3) is 3.28. The lowest BCUT2D eigenvalue weighted by molar-refractivity contribution is 0.237. The monoisotopic (exact) mass is 334 g/mol. The van der Waals surface area contributed by atoms with Crippen molar-refractivity contribution in [3.8, 4) is 11.4 Å². The Labute approximate surface area is 147 Å². The van der Waals surface area contributed by atoms with E-state index in [-0.39, 0.29) is 0 Å². The van der Waals surface area contributed by atoms with Crippen LogP contribution < -0.4 is 4.74 Å². The molecule has 1 aliphatic rings. The van der Waals surface area contributed by atoms with E-state index < -0.39 is 0 Å². The SMILES string of the molecule is COc1ccc(-n2ccnc2CN2CCCC2c2ccccn2)cc1. The van der Waals surface area contributed by atoms with Crippen molar-refractivity contribution in [1.82, 2.24) is 19.4 Å². The fourth-order valence-electron chi connectivity index (χ4n) is 3.53. The van der Waals surface area contributed by atoms with Gasteiger partial charge in [0.25, 0.3) is 0 Å². The summed E-state index contributed by atoms with van der Waals surface area (Å²) in [5.41, 5.74) is 2.25. The van der Waals surface area contributed by atoms with Gasteiger partial charge < -0.3 is 9.30 Å². The molecule has 1 saturated heterocycles. The van der Waals surface area contributed by atoms with E-state index in [0.717, 1.165) is 42.5 Å². The van der Waals surface area contributed by atoms with Crippen molar-refractivity contribution in [3.63, 3.8) is 0 Å². The van der Waals surface area contributed by atoms with Crippen molar-refractivity contribution in [2.45, 2.75) is 25.4 Å². The summed E-state index contributed by atoms with van der Waals surface area (Å²) in [7, 11) is 1.68. The number of pyridine rings is 1. The average molecular weight is 334 g/mol. The Kier molecular flexibility index (Phi) is 4.48. The molecule has 1 aliphatic heterocycles. The maximum Gasteiger partial charge on any atom is 0.127 e. The largest absolute Gasteiger partial charge is 0.497 e. The predicted molar refractivity (Wildman–Crippen MR) is 96.7 cm³/mol. The molecule has 1 fully saturated rings. The summed E-state index contributed by atoms with van der Waals surface area (Å²) in [4.78, 5) is 11.6. The highest BCUT2D eigenvalue weighted by atomic mass is 16.5. The average Bonchev–Trinajstić information content (AvgIpc) is 3.32. The van der Waals surface area contributed by atoms with Crippen LogP contribution in [0.1, 0.15) is 30.4 Å². The standard InChI is InChI=1S/C20H22N4O/c1-25-17-9-7-16(8-10-17)24-14-12-22-20(24)15-23-13-4-6-19(23)18-5-2-3-11-21-18/h2-3,5,7-12,14,19H,4,6,13,15H2,1H3. The molecule has 25 heavy (non-hydrogen) atoms. The number of nitrogens with zero attached hydrogens (tertiary/aromatic N) is 4. The molecule has 0 aliphatic carbocycles. The Bertz CT molecular complexity index is 813. The molecule has 0 spiro atoms. The quantitative estimate of drug-likeness (QED) is 0.715. The van der Waals surface area contributed by atoms with E-state index in [0.29, 0.717) is 6.04 Å². The number of methoxy groups -OCH3 is 1. The molecular weight excluding hydrogens is 312 g/mol. The topological polar surface area (TPSA) is 43.2 Å². The van der Waals surface area contributed by atoms with Crippen molar-refractivity contribution >= 4 is 0 Å². The molecule has 5 heteroatoms. The molecule has 0 N–H and O–H groups in total. The molecule has 0 amide bonds. The van der Waals surface area contributed by atoms with Crippen LogP contribution in [0.15, 0.2) is 61.1 Å². The molecule has 0 saturated carbocycles. The number of aromatic nitrogens is 3. The van der Waals surface area contributed by atoms with Gasteiger partial charge in [0.1, 0.15) is 11.6 Å². The maximum atomic E-state index is 5.25. The van der Waals surface area contributed by atoms with Gasteiger partial charge >= 0.3 is 0 Å². The highest BCUT2D eigenvalue weighted by Crippen LogP contribution is 2.32. The van der Waals surface area contributed by atoms with E-state index >= 15 is 0 Å². The van der Waals surface area contributed by atoms with E-state index in [2.05, 4.69) is 43.7 Å². The lowest BCUT2D eigenvalue weighted by Gasteiger charge is -2.24. The molecule has 2 aromatic heterocycles. The predicted octanol–water partition coefficient (Wildman–Crippen LogP) is 3.61. The van der Waals surface area contributed by atoms with E-state index in [9.17, 15) is 0 Å². The second-order valence-corrected chi connectivity index (χ2v) is 6.29. The van der Waals surface area contributed by atoms with Crippen molar-refractivity contribution in [2.24, 2.45) is 0 Å². The Morgan fingerprint density at radius 3 is 2.72 bits per heavy atom. The van der Waals surface area contributed by atoms with Crippen LogP contribution in [-0.4, -0.2) is 33.1 Å². The number of ether oxygens (including phenoxy) is 1. The summed E-state index contributed by atoms with van der Waals surface area (Å²) in [6, 6.07) is 14.6. The van der Waals surface area contributed by atoms with Crippen molar-refractivity contribution < 1.29 is 4.74 Å². The smallest absolute Gasteiger partial charge is 0.127 e. The first-order valence-corrected chi connectivity index (χ1v) is 8.67. The molecule has 1 aromatic carbocycles. The number of likely N-dealkylation sites (tertiary alicyclic amines) is 1. The number of rotatable bonds is 5. The fraction of sp³-hybridized carbons (Fsp3) is 0.300. The highest BCUT2D eigenvalue weighted by molar-refractivity contribution is 5.38. The second kappa shape index (κ2) is 7.07. The van der Waals surface area contributed by atoms with Gasteiger partial charge in [0.2, 0.25) is 0 Å². The van der Waals surface area contributed by atoms with E-state index in [1.54, 1.807) is 7.11 Å². The van der Waals surface area contributed by atoms with E-state index in [4.69, 9.17) is 4.74 Å². The van der Waals surface area contributed by atoms with Gasteiger partial charge in [0, 0.05) is 24.3 Å². The third-order valence-corrected chi connectivity index (χ3v) is 4.81. The molecule has 128 valence electrons. The van der Waals surface area contributed by atoms with Crippen LogP contribution >= 0.6 is 0 Å². The van der Waals surface area contributed by atoms with Crippen LogP contribution in [-0.2, 0) is 6.54 Å². The molecule has 0 bridgehead atoms. The summed E-state index contributed by atoms with van der Waals surface area (Å²) in [5.74, 6) is 1.91. The van der Waals surface area contributed by atoms with Gasteiger partial charge in [0.05, 0.1) is 25.4 Å². The normalized spacial score (nSPS) is 17.7. The van der Waals surface area contributed by atoms with Crippen LogP contribution in [0.25, 0.3) is 5.69 Å². The summed E-state index contributed by atoms with van der Waals surface area (Å²) in [6.45, 7) is 1.90. The van der Waals surface area contributed by atoms with Gasteiger partial charge in [0.15, 0.2) is 0 Å². The second-order valence-electron chi connectivity index (χ2n) is 6.29. The van der Waals surface area contributed by atoms with Crippen LogP contribution in [0.2, 0.25) is 0 Å². The first kappa shape index (κ1) is 15.8. The zero-order chi connectivity index (χ0) is 17.1.